The van der Waals surface area contributed by atoms with Crippen LogP contribution in [-0.4, -0.2) is 17.4 Å². The van der Waals surface area contributed by atoms with E-state index >= 15 is 0 Å². The van der Waals surface area contributed by atoms with Crippen molar-refractivity contribution in [2.75, 3.05) is 6.54 Å². The number of nitrogens with zero attached hydrogens (tertiary/aromatic N) is 1. The van der Waals surface area contributed by atoms with E-state index < -0.39 is 0 Å². The van der Waals surface area contributed by atoms with Gasteiger partial charge in [0.05, 0.1) is 4.88 Å². The van der Waals surface area contributed by atoms with E-state index in [1.165, 1.54) is 16.9 Å². The molecule has 0 bridgehead atoms. The third-order valence-corrected chi connectivity index (χ3v) is 4.15. The van der Waals surface area contributed by atoms with Crippen molar-refractivity contribution in [2.45, 2.75) is 34.1 Å². The maximum atomic E-state index is 12.1. The lowest BCUT2D eigenvalue weighted by atomic mass is 10.1. The summed E-state index contributed by atoms with van der Waals surface area (Å²) in [6.07, 6.45) is 0.950. The zero-order valence-corrected chi connectivity index (χ0v) is 12.1. The Balaban J connectivity index is 2.50. The van der Waals surface area contributed by atoms with Crippen molar-refractivity contribution in [1.29, 1.82) is 0 Å². The minimum Gasteiger partial charge on any atom is -0.351 e. The molecule has 2 aromatic rings. The van der Waals surface area contributed by atoms with E-state index in [9.17, 15) is 4.79 Å². The molecule has 3 nitrogen and oxygen atoms in total. The second-order valence-corrected chi connectivity index (χ2v) is 5.57. The molecule has 18 heavy (non-hydrogen) atoms. The Hall–Kier alpha value is -1.42. The quantitative estimate of drug-likeness (QED) is 0.921. The molecule has 0 radical (unpaired) electrons. The zero-order chi connectivity index (χ0) is 13.3. The lowest BCUT2D eigenvalue weighted by Gasteiger charge is -2.02. The van der Waals surface area contributed by atoms with Gasteiger partial charge in [0.1, 0.15) is 4.83 Å². The number of pyridine rings is 1. The standard InChI is InChI=1S/C14H18N2OS/c1-5-6-15-13(17)12-10(4)11-8(2)7-9(3)16-14(11)18-12/h7H,5-6H2,1-4H3,(H,15,17). The van der Waals surface area contributed by atoms with Gasteiger partial charge in [-0.25, -0.2) is 4.98 Å². The van der Waals surface area contributed by atoms with Gasteiger partial charge in [0.2, 0.25) is 0 Å². The first-order chi connectivity index (χ1) is 8.54. The first-order valence-corrected chi connectivity index (χ1v) is 7.01. The minimum atomic E-state index is 0.0226. The molecule has 0 aliphatic rings. The normalized spacial score (nSPS) is 10.9. The smallest absolute Gasteiger partial charge is 0.261 e. The van der Waals surface area contributed by atoms with E-state index in [0.717, 1.165) is 39.3 Å². The molecule has 2 aromatic heterocycles. The highest BCUT2D eigenvalue weighted by Gasteiger charge is 2.17. The van der Waals surface area contributed by atoms with Crippen molar-refractivity contribution in [2.24, 2.45) is 0 Å². The maximum absolute atomic E-state index is 12.1. The van der Waals surface area contributed by atoms with Crippen LogP contribution in [0.4, 0.5) is 0 Å². The molecule has 0 atom stereocenters. The van der Waals surface area contributed by atoms with E-state index in [1.807, 2.05) is 20.8 Å². The van der Waals surface area contributed by atoms with Crippen LogP contribution in [0.25, 0.3) is 10.2 Å². The maximum Gasteiger partial charge on any atom is 0.261 e. The SMILES string of the molecule is CCCNC(=O)c1sc2nc(C)cc(C)c2c1C. The number of hydrogen-bond acceptors (Lipinski definition) is 3. The molecular weight excluding hydrogens is 244 g/mol. The summed E-state index contributed by atoms with van der Waals surface area (Å²) in [5.74, 6) is 0.0226. The number of fused-ring (bicyclic) bond motifs is 1. The van der Waals surface area contributed by atoms with E-state index in [4.69, 9.17) is 0 Å². The Labute approximate surface area is 111 Å². The van der Waals surface area contributed by atoms with Crippen molar-refractivity contribution in [3.63, 3.8) is 0 Å². The van der Waals surface area contributed by atoms with Gasteiger partial charge < -0.3 is 5.32 Å². The summed E-state index contributed by atoms with van der Waals surface area (Å²) in [4.78, 5) is 18.3. The predicted molar refractivity (Wildman–Crippen MR) is 76.5 cm³/mol. The second-order valence-electron chi connectivity index (χ2n) is 4.57. The first kappa shape index (κ1) is 13.0. The molecule has 1 N–H and O–H groups in total. The van der Waals surface area contributed by atoms with Crippen molar-refractivity contribution in [1.82, 2.24) is 10.3 Å². The molecule has 1 amide bonds. The Kier molecular flexibility index (Phi) is 3.66. The number of thiophene rings is 1. The number of aromatic nitrogens is 1. The summed E-state index contributed by atoms with van der Waals surface area (Å²) in [6.45, 7) is 8.83. The second kappa shape index (κ2) is 5.06. The Morgan fingerprint density at radius 3 is 2.78 bits per heavy atom. The molecule has 0 spiro atoms. The molecule has 2 rings (SSSR count). The number of amides is 1. The number of carbonyl (C=O) groups is 1. The number of rotatable bonds is 3. The monoisotopic (exact) mass is 262 g/mol. The molecule has 2 heterocycles. The van der Waals surface area contributed by atoms with Crippen LogP contribution >= 0.6 is 11.3 Å². The van der Waals surface area contributed by atoms with Gasteiger partial charge in [-0.05, 0) is 44.4 Å². The lowest BCUT2D eigenvalue weighted by molar-refractivity contribution is 0.0957. The van der Waals surface area contributed by atoms with E-state index in [2.05, 4.69) is 23.3 Å². The molecule has 0 aliphatic carbocycles. The van der Waals surface area contributed by atoms with Gasteiger partial charge in [0.15, 0.2) is 0 Å². The number of aryl methyl sites for hydroxylation is 3. The highest BCUT2D eigenvalue weighted by atomic mass is 32.1. The average molecular weight is 262 g/mol. The van der Waals surface area contributed by atoms with Crippen molar-refractivity contribution >= 4 is 27.5 Å². The zero-order valence-electron chi connectivity index (χ0n) is 11.3. The predicted octanol–water partition coefficient (Wildman–Crippen LogP) is 3.36. The molecule has 0 saturated carbocycles. The van der Waals surface area contributed by atoms with Crippen LogP contribution in [0.5, 0.6) is 0 Å². The van der Waals surface area contributed by atoms with Gasteiger partial charge in [0.25, 0.3) is 5.91 Å². The summed E-state index contributed by atoms with van der Waals surface area (Å²) in [5.41, 5.74) is 3.25. The van der Waals surface area contributed by atoms with Gasteiger partial charge in [-0.2, -0.15) is 0 Å². The van der Waals surface area contributed by atoms with Crippen LogP contribution in [0.2, 0.25) is 0 Å². The van der Waals surface area contributed by atoms with Crippen LogP contribution < -0.4 is 5.32 Å². The van der Waals surface area contributed by atoms with Gasteiger partial charge >= 0.3 is 0 Å². The van der Waals surface area contributed by atoms with Crippen LogP contribution in [0, 0.1) is 20.8 Å². The van der Waals surface area contributed by atoms with Crippen LogP contribution in [0.1, 0.15) is 39.8 Å². The molecule has 96 valence electrons. The molecule has 0 aliphatic heterocycles. The van der Waals surface area contributed by atoms with Crippen LogP contribution in [-0.2, 0) is 0 Å². The highest BCUT2D eigenvalue weighted by Crippen LogP contribution is 2.32. The van der Waals surface area contributed by atoms with Gasteiger partial charge in [-0.3, -0.25) is 4.79 Å². The first-order valence-electron chi connectivity index (χ1n) is 6.20. The van der Waals surface area contributed by atoms with Gasteiger partial charge in [0, 0.05) is 17.6 Å². The molecule has 0 fully saturated rings. The third kappa shape index (κ3) is 2.25. The minimum absolute atomic E-state index is 0.0226. The summed E-state index contributed by atoms with van der Waals surface area (Å²) < 4.78 is 0. The van der Waals surface area contributed by atoms with Crippen LogP contribution in [0.15, 0.2) is 6.07 Å². The largest absolute Gasteiger partial charge is 0.351 e. The topological polar surface area (TPSA) is 42.0 Å². The van der Waals surface area contributed by atoms with E-state index in [-0.39, 0.29) is 5.91 Å². The average Bonchev–Trinajstić information content (AvgIpc) is 2.63. The number of nitrogens with one attached hydrogen (secondary N) is 1. The van der Waals surface area contributed by atoms with E-state index in [1.54, 1.807) is 0 Å². The van der Waals surface area contributed by atoms with Crippen molar-refractivity contribution in [3.8, 4) is 0 Å². The fraction of sp³-hybridized carbons (Fsp3) is 0.429. The molecule has 0 saturated heterocycles. The Morgan fingerprint density at radius 2 is 2.11 bits per heavy atom. The molecule has 0 aromatic carbocycles. The van der Waals surface area contributed by atoms with Gasteiger partial charge in [-0.1, -0.05) is 6.92 Å². The molecular formula is C14H18N2OS. The van der Waals surface area contributed by atoms with Crippen molar-refractivity contribution < 1.29 is 4.79 Å². The summed E-state index contributed by atoms with van der Waals surface area (Å²) in [6, 6.07) is 2.07. The number of carbonyl (C=O) groups excluding carboxylic acids is 1. The fourth-order valence-electron chi connectivity index (χ4n) is 2.15. The van der Waals surface area contributed by atoms with Crippen molar-refractivity contribution in [3.05, 3.63) is 27.8 Å². The van der Waals surface area contributed by atoms with Crippen LogP contribution in [0.3, 0.4) is 0 Å². The molecule has 4 heteroatoms. The highest BCUT2D eigenvalue weighted by molar-refractivity contribution is 7.20. The number of hydrogen-bond donors (Lipinski definition) is 1. The molecule has 0 unspecified atom stereocenters. The summed E-state index contributed by atoms with van der Waals surface area (Å²) in [5, 5.41) is 4.06. The fourth-order valence-corrected chi connectivity index (χ4v) is 3.37. The third-order valence-electron chi connectivity index (χ3n) is 2.97. The summed E-state index contributed by atoms with van der Waals surface area (Å²) in [7, 11) is 0. The Bertz CT molecular complexity index is 601. The summed E-state index contributed by atoms with van der Waals surface area (Å²) >= 11 is 1.49. The van der Waals surface area contributed by atoms with E-state index in [0.29, 0.717) is 0 Å². The van der Waals surface area contributed by atoms with Gasteiger partial charge in [-0.15, -0.1) is 11.3 Å². The Morgan fingerprint density at radius 1 is 1.39 bits per heavy atom. The lowest BCUT2D eigenvalue weighted by Crippen LogP contribution is -2.23.